The zero-order valence-electron chi connectivity index (χ0n) is 13.4. The second-order valence-electron chi connectivity index (χ2n) is 6.16. The zero-order valence-corrected chi connectivity index (χ0v) is 13.4. The minimum Gasteiger partial charge on any atom is -0.395 e. The molecule has 0 radical (unpaired) electrons. The molecule has 2 amide bonds. The molecule has 0 aromatic heterocycles. The molecule has 21 heavy (non-hydrogen) atoms. The Kier molecular flexibility index (Phi) is 6.43. The minimum absolute atomic E-state index is 0.0223. The van der Waals surface area contributed by atoms with E-state index < -0.39 is 0 Å². The van der Waals surface area contributed by atoms with E-state index in [1.165, 1.54) is 0 Å². The van der Waals surface area contributed by atoms with E-state index >= 15 is 0 Å². The molecule has 0 saturated heterocycles. The van der Waals surface area contributed by atoms with E-state index in [0.29, 0.717) is 13.1 Å². The summed E-state index contributed by atoms with van der Waals surface area (Å²) in [6, 6.07) is 9.55. The number of carbonyl (C=O) groups is 1. The number of nitrogens with one attached hydrogen (secondary N) is 1. The summed E-state index contributed by atoms with van der Waals surface area (Å²) in [6.45, 7) is 9.02. The van der Waals surface area contributed by atoms with Gasteiger partial charge in [0.05, 0.1) is 6.61 Å². The van der Waals surface area contributed by atoms with Crippen LogP contribution in [-0.2, 0) is 6.54 Å². The molecular weight excluding hydrogens is 264 g/mol. The summed E-state index contributed by atoms with van der Waals surface area (Å²) < 4.78 is 0. The van der Waals surface area contributed by atoms with E-state index in [4.69, 9.17) is 5.11 Å². The Morgan fingerprint density at radius 1 is 1.29 bits per heavy atom. The Balaban J connectivity index is 2.70. The number of urea groups is 1. The summed E-state index contributed by atoms with van der Waals surface area (Å²) in [4.78, 5) is 13.8. The maximum absolute atomic E-state index is 12.2. The summed E-state index contributed by atoms with van der Waals surface area (Å²) in [6.07, 6.45) is 1.75. The SMILES string of the molecule is C/C(=C\NC(=O)N(CCO)Cc1ccccc1)C(C)(C)C. The molecule has 0 saturated carbocycles. The number of nitrogens with zero attached hydrogens (tertiary/aromatic N) is 1. The molecule has 4 heteroatoms. The van der Waals surface area contributed by atoms with Crippen LogP contribution in [0.3, 0.4) is 0 Å². The molecule has 1 aromatic rings. The van der Waals surface area contributed by atoms with Gasteiger partial charge in [-0.05, 0) is 17.9 Å². The third kappa shape index (κ3) is 6.00. The molecule has 1 aromatic carbocycles. The average molecular weight is 290 g/mol. The van der Waals surface area contributed by atoms with E-state index in [1.54, 1.807) is 11.1 Å². The Morgan fingerprint density at radius 3 is 2.43 bits per heavy atom. The van der Waals surface area contributed by atoms with Crippen LogP contribution < -0.4 is 5.32 Å². The summed E-state index contributed by atoms with van der Waals surface area (Å²) in [7, 11) is 0. The molecule has 0 aliphatic heterocycles. The number of hydrogen-bond donors (Lipinski definition) is 2. The van der Waals surface area contributed by atoms with Crippen LogP contribution in [0.4, 0.5) is 4.79 Å². The fourth-order valence-corrected chi connectivity index (χ4v) is 1.65. The summed E-state index contributed by atoms with van der Waals surface area (Å²) in [5.41, 5.74) is 2.16. The van der Waals surface area contributed by atoms with E-state index in [-0.39, 0.29) is 18.1 Å². The second-order valence-corrected chi connectivity index (χ2v) is 6.16. The van der Waals surface area contributed by atoms with Crippen molar-refractivity contribution in [1.82, 2.24) is 10.2 Å². The zero-order chi connectivity index (χ0) is 15.9. The topological polar surface area (TPSA) is 52.6 Å². The van der Waals surface area contributed by atoms with Crippen molar-refractivity contribution in [3.8, 4) is 0 Å². The minimum atomic E-state index is -0.198. The fourth-order valence-electron chi connectivity index (χ4n) is 1.65. The molecular formula is C17H26N2O2. The summed E-state index contributed by atoms with van der Waals surface area (Å²) in [5.74, 6) is 0. The monoisotopic (exact) mass is 290 g/mol. The van der Waals surface area contributed by atoms with Crippen LogP contribution in [0.25, 0.3) is 0 Å². The molecule has 0 heterocycles. The van der Waals surface area contributed by atoms with Crippen LogP contribution in [0, 0.1) is 5.41 Å². The third-order valence-corrected chi connectivity index (χ3v) is 3.47. The first-order valence-electron chi connectivity index (χ1n) is 7.22. The van der Waals surface area contributed by atoms with Crippen LogP contribution in [0.2, 0.25) is 0 Å². The lowest BCUT2D eigenvalue weighted by Crippen LogP contribution is -2.39. The molecule has 116 valence electrons. The number of carbonyl (C=O) groups excluding carboxylic acids is 1. The van der Waals surface area contributed by atoms with Gasteiger partial charge in [0.25, 0.3) is 0 Å². The van der Waals surface area contributed by atoms with Crippen molar-refractivity contribution in [2.75, 3.05) is 13.2 Å². The van der Waals surface area contributed by atoms with Crippen molar-refractivity contribution in [3.05, 3.63) is 47.7 Å². The van der Waals surface area contributed by atoms with E-state index in [2.05, 4.69) is 26.1 Å². The van der Waals surface area contributed by atoms with Crippen molar-refractivity contribution < 1.29 is 9.90 Å². The quantitative estimate of drug-likeness (QED) is 0.875. The molecule has 0 unspecified atom stereocenters. The average Bonchev–Trinajstić information content (AvgIpc) is 2.44. The number of aliphatic hydroxyl groups is 1. The van der Waals surface area contributed by atoms with Gasteiger partial charge >= 0.3 is 6.03 Å². The lowest BCUT2D eigenvalue weighted by molar-refractivity contribution is 0.177. The van der Waals surface area contributed by atoms with Crippen molar-refractivity contribution in [2.45, 2.75) is 34.2 Å². The molecule has 4 nitrogen and oxygen atoms in total. The lowest BCUT2D eigenvalue weighted by Gasteiger charge is -2.23. The fraction of sp³-hybridized carbons (Fsp3) is 0.471. The Morgan fingerprint density at radius 2 is 1.90 bits per heavy atom. The molecule has 1 rings (SSSR count). The first-order valence-corrected chi connectivity index (χ1v) is 7.22. The highest BCUT2D eigenvalue weighted by molar-refractivity contribution is 5.75. The van der Waals surface area contributed by atoms with Gasteiger partial charge in [-0.25, -0.2) is 4.79 Å². The highest BCUT2D eigenvalue weighted by Gasteiger charge is 2.15. The van der Waals surface area contributed by atoms with Gasteiger partial charge in [0, 0.05) is 19.3 Å². The number of allylic oxidation sites excluding steroid dienone is 1. The maximum atomic E-state index is 12.2. The van der Waals surface area contributed by atoms with Gasteiger partial charge in [0.2, 0.25) is 0 Å². The van der Waals surface area contributed by atoms with E-state index in [0.717, 1.165) is 11.1 Å². The molecule has 0 atom stereocenters. The van der Waals surface area contributed by atoms with Crippen molar-refractivity contribution >= 4 is 6.03 Å². The summed E-state index contributed by atoms with van der Waals surface area (Å²) >= 11 is 0. The van der Waals surface area contributed by atoms with Gasteiger partial charge in [0.1, 0.15) is 0 Å². The van der Waals surface area contributed by atoms with Crippen LogP contribution in [-0.4, -0.2) is 29.2 Å². The number of benzene rings is 1. The van der Waals surface area contributed by atoms with Gasteiger partial charge in [-0.2, -0.15) is 0 Å². The normalized spacial score (nSPS) is 12.1. The predicted molar refractivity (Wildman–Crippen MR) is 85.7 cm³/mol. The largest absolute Gasteiger partial charge is 0.395 e. The molecule has 0 aliphatic carbocycles. The van der Waals surface area contributed by atoms with Crippen molar-refractivity contribution in [1.29, 1.82) is 0 Å². The van der Waals surface area contributed by atoms with Gasteiger partial charge in [-0.3, -0.25) is 0 Å². The predicted octanol–water partition coefficient (Wildman–Crippen LogP) is 3.14. The highest BCUT2D eigenvalue weighted by atomic mass is 16.3. The second kappa shape index (κ2) is 7.84. The third-order valence-electron chi connectivity index (χ3n) is 3.47. The van der Waals surface area contributed by atoms with Gasteiger partial charge in [0.15, 0.2) is 0 Å². The molecule has 2 N–H and O–H groups in total. The van der Waals surface area contributed by atoms with Crippen LogP contribution in [0.5, 0.6) is 0 Å². The Hall–Kier alpha value is -1.81. The van der Waals surface area contributed by atoms with Crippen molar-refractivity contribution in [3.63, 3.8) is 0 Å². The standard InChI is InChI=1S/C17H26N2O2/c1-14(17(2,3)4)12-18-16(21)19(10-11-20)13-15-8-6-5-7-9-15/h5-9,12,20H,10-11,13H2,1-4H3,(H,18,21)/b14-12+. The van der Waals surface area contributed by atoms with Crippen LogP contribution >= 0.6 is 0 Å². The van der Waals surface area contributed by atoms with Gasteiger partial charge < -0.3 is 15.3 Å². The Labute approximate surface area is 127 Å². The van der Waals surface area contributed by atoms with Crippen LogP contribution in [0.1, 0.15) is 33.3 Å². The Bertz CT molecular complexity index is 475. The smallest absolute Gasteiger partial charge is 0.321 e. The first kappa shape index (κ1) is 17.2. The first-order chi connectivity index (χ1) is 9.84. The van der Waals surface area contributed by atoms with Gasteiger partial charge in [-0.15, -0.1) is 0 Å². The van der Waals surface area contributed by atoms with E-state index in [1.807, 2.05) is 37.3 Å². The molecule has 0 spiro atoms. The number of rotatable bonds is 5. The number of amides is 2. The van der Waals surface area contributed by atoms with Crippen molar-refractivity contribution in [2.24, 2.45) is 5.41 Å². The lowest BCUT2D eigenvalue weighted by atomic mass is 9.88. The molecule has 0 bridgehead atoms. The highest BCUT2D eigenvalue weighted by Crippen LogP contribution is 2.23. The number of hydrogen-bond acceptors (Lipinski definition) is 2. The maximum Gasteiger partial charge on any atom is 0.321 e. The summed E-state index contributed by atoms with van der Waals surface area (Å²) in [5, 5.41) is 11.9. The molecule has 0 aliphatic rings. The van der Waals surface area contributed by atoms with E-state index in [9.17, 15) is 4.79 Å². The number of aliphatic hydroxyl groups excluding tert-OH is 1. The van der Waals surface area contributed by atoms with Crippen LogP contribution in [0.15, 0.2) is 42.1 Å². The van der Waals surface area contributed by atoms with Gasteiger partial charge in [-0.1, -0.05) is 56.7 Å². The molecule has 0 fully saturated rings.